The van der Waals surface area contributed by atoms with E-state index in [1.54, 1.807) is 0 Å². The average Bonchev–Trinajstić information content (AvgIpc) is 4.05. The van der Waals surface area contributed by atoms with E-state index in [4.69, 9.17) is 0 Å². The van der Waals surface area contributed by atoms with Gasteiger partial charge in [0.05, 0.1) is 0 Å². The molecule has 3 aromatic heterocycles. The van der Waals surface area contributed by atoms with E-state index < -0.39 is 0 Å². The number of imidazole rings is 3. The number of benzene rings is 6. The third-order valence-corrected chi connectivity index (χ3v) is 12.8. The lowest BCUT2D eigenvalue weighted by Crippen LogP contribution is -2.32. The first-order valence-corrected chi connectivity index (χ1v) is 23.1. The molecule has 20 bridgehead atoms. The van der Waals surface area contributed by atoms with Crippen LogP contribution < -0.4 is 13.7 Å². The van der Waals surface area contributed by atoms with Gasteiger partial charge in [-0.3, -0.25) is 9.80 Å². The summed E-state index contributed by atoms with van der Waals surface area (Å²) in [4.78, 5) is 5.21. The number of hydrogen-bond acceptors (Lipinski definition) is 2. The van der Waals surface area contributed by atoms with Crippen molar-refractivity contribution in [3.05, 3.63) is 269 Å². The fourth-order valence-corrected chi connectivity index (χ4v) is 9.99. The Balaban J connectivity index is 1.01. The van der Waals surface area contributed by atoms with Crippen LogP contribution in [0.2, 0.25) is 0 Å². The van der Waals surface area contributed by atoms with Gasteiger partial charge in [0, 0.05) is 39.3 Å². The molecule has 0 radical (unpaired) electrons. The maximum atomic E-state index is 2.60. The largest absolute Gasteiger partial charge is 0.291 e. The molecule has 0 spiro atoms. The molecule has 3 aliphatic rings. The zero-order chi connectivity index (χ0) is 43.4. The van der Waals surface area contributed by atoms with Crippen LogP contribution in [0.25, 0.3) is 0 Å². The van der Waals surface area contributed by atoms with E-state index in [-0.39, 0.29) is 0 Å². The summed E-state index contributed by atoms with van der Waals surface area (Å²) in [5.41, 5.74) is 15.8. The van der Waals surface area contributed by atoms with Gasteiger partial charge < -0.3 is 0 Å². The van der Waals surface area contributed by atoms with Crippen molar-refractivity contribution in [3.63, 3.8) is 0 Å². The quantitative estimate of drug-likeness (QED) is 0.144. The molecule has 3 aliphatic heterocycles. The summed E-state index contributed by atoms with van der Waals surface area (Å²) in [6, 6.07) is 55.1. The molecule has 0 unspecified atom stereocenters. The van der Waals surface area contributed by atoms with Gasteiger partial charge in [0.1, 0.15) is 76.4 Å². The molecular formula is C57H57N8+3. The van der Waals surface area contributed by atoms with E-state index in [1.165, 1.54) is 66.8 Å². The second-order valence-electron chi connectivity index (χ2n) is 18.5. The molecular weight excluding hydrogens is 797 g/mol. The number of aromatic nitrogens is 6. The van der Waals surface area contributed by atoms with E-state index in [2.05, 4.69) is 239 Å². The Bertz CT molecular complexity index is 2540. The standard InChI is InChI=1S/C57H57N8/c1-7-46-25-52(13-1)37-64-38-53-14-2-8-47(26-53)33-60-21-23-62(44-60)35-50-11-5-17-56(29-50)41-65(40-55-16-4-10-49(28-55)32-59-20-19-58(31-46)43-59)42-57-18-6-12-51(30-57)36-63-24-22-61(45-63)34-48-9-3-15-54(27-48)39-64/h1-30,43-45H,31-42H2/q+3. The Morgan fingerprint density at radius 1 is 0.262 bits per heavy atom. The van der Waals surface area contributed by atoms with E-state index in [1.807, 2.05) is 0 Å². The lowest BCUT2D eigenvalue weighted by atomic mass is 10.1. The van der Waals surface area contributed by atoms with Crippen LogP contribution in [-0.4, -0.2) is 23.5 Å². The highest BCUT2D eigenvalue weighted by molar-refractivity contribution is 5.30. The Morgan fingerprint density at radius 2 is 0.477 bits per heavy atom. The summed E-state index contributed by atoms with van der Waals surface area (Å²) >= 11 is 0. The first kappa shape index (κ1) is 40.6. The highest BCUT2D eigenvalue weighted by Crippen LogP contribution is 2.21. The smallest absolute Gasteiger partial charge is 0.244 e. The van der Waals surface area contributed by atoms with Gasteiger partial charge in [0.25, 0.3) is 0 Å². The van der Waals surface area contributed by atoms with Gasteiger partial charge in [-0.15, -0.1) is 0 Å². The van der Waals surface area contributed by atoms with Crippen molar-refractivity contribution in [2.75, 3.05) is 0 Å². The van der Waals surface area contributed by atoms with Crippen LogP contribution in [-0.2, 0) is 78.5 Å². The summed E-state index contributed by atoms with van der Waals surface area (Å²) in [5, 5.41) is 0. The minimum Gasteiger partial charge on any atom is -0.291 e. The van der Waals surface area contributed by atoms with Gasteiger partial charge in [-0.2, -0.15) is 0 Å². The van der Waals surface area contributed by atoms with E-state index in [0.717, 1.165) is 78.5 Å². The highest BCUT2D eigenvalue weighted by atomic mass is 15.1. The summed E-state index contributed by atoms with van der Waals surface area (Å²) in [5.74, 6) is 0. The Kier molecular flexibility index (Phi) is 11.6. The van der Waals surface area contributed by atoms with Gasteiger partial charge in [-0.05, 0) is 66.8 Å². The second kappa shape index (κ2) is 18.5. The first-order valence-electron chi connectivity index (χ1n) is 23.1. The van der Waals surface area contributed by atoms with Gasteiger partial charge in [-0.25, -0.2) is 27.4 Å². The zero-order valence-corrected chi connectivity index (χ0v) is 37.1. The van der Waals surface area contributed by atoms with E-state index in [9.17, 15) is 0 Å². The van der Waals surface area contributed by atoms with Crippen LogP contribution in [0.5, 0.6) is 0 Å². The molecule has 12 rings (SSSR count). The molecule has 0 N–H and O–H groups in total. The topological polar surface area (TPSA) is 32.9 Å². The average molecular weight is 854 g/mol. The number of rotatable bonds is 0. The van der Waals surface area contributed by atoms with Crippen molar-refractivity contribution in [3.8, 4) is 0 Å². The number of nitrogens with zero attached hydrogens (tertiary/aromatic N) is 8. The lowest BCUT2D eigenvalue weighted by Gasteiger charge is -2.24. The monoisotopic (exact) mass is 853 g/mol. The van der Waals surface area contributed by atoms with Crippen LogP contribution in [0.1, 0.15) is 66.8 Å². The first-order chi connectivity index (χ1) is 32.0. The van der Waals surface area contributed by atoms with Crippen molar-refractivity contribution >= 4 is 0 Å². The molecule has 0 aliphatic carbocycles. The third-order valence-electron chi connectivity index (χ3n) is 12.8. The molecule has 8 heteroatoms. The van der Waals surface area contributed by atoms with Crippen molar-refractivity contribution in [1.29, 1.82) is 0 Å². The highest BCUT2D eigenvalue weighted by Gasteiger charge is 2.17. The molecule has 8 nitrogen and oxygen atoms in total. The lowest BCUT2D eigenvalue weighted by molar-refractivity contribution is -0.688. The fourth-order valence-electron chi connectivity index (χ4n) is 9.99. The van der Waals surface area contributed by atoms with Gasteiger partial charge in [0.15, 0.2) is 0 Å². The molecule has 322 valence electrons. The Hall–Kier alpha value is -7.13. The minimum atomic E-state index is 0.821. The minimum absolute atomic E-state index is 0.821. The van der Waals surface area contributed by atoms with E-state index >= 15 is 0 Å². The molecule has 0 amide bonds. The van der Waals surface area contributed by atoms with Gasteiger partial charge in [-0.1, -0.05) is 146 Å². The molecule has 9 aromatic rings. The molecule has 65 heavy (non-hydrogen) atoms. The van der Waals surface area contributed by atoms with E-state index in [0.29, 0.717) is 0 Å². The molecule has 0 atom stereocenters. The fraction of sp³-hybridized carbons (Fsp3) is 0.211. The molecule has 0 fully saturated rings. The van der Waals surface area contributed by atoms with Crippen molar-refractivity contribution < 1.29 is 13.7 Å². The van der Waals surface area contributed by atoms with Crippen molar-refractivity contribution in [1.82, 2.24) is 23.5 Å². The molecule has 0 saturated carbocycles. The molecule has 6 aromatic carbocycles. The summed E-state index contributed by atoms with van der Waals surface area (Å²) in [6.07, 6.45) is 20.0. The Labute approximate surface area is 382 Å². The maximum absolute atomic E-state index is 2.60. The molecule has 0 saturated heterocycles. The van der Waals surface area contributed by atoms with Crippen LogP contribution in [0.4, 0.5) is 0 Å². The maximum Gasteiger partial charge on any atom is 0.244 e. The Morgan fingerprint density at radius 3 is 0.738 bits per heavy atom. The summed E-state index contributed by atoms with van der Waals surface area (Å²) in [7, 11) is 0. The van der Waals surface area contributed by atoms with Crippen LogP contribution in [0.3, 0.4) is 0 Å². The van der Waals surface area contributed by atoms with Crippen molar-refractivity contribution in [2.24, 2.45) is 0 Å². The summed E-state index contributed by atoms with van der Waals surface area (Å²) < 4.78 is 13.9. The zero-order valence-electron chi connectivity index (χ0n) is 37.1. The molecule has 6 heterocycles. The second-order valence-corrected chi connectivity index (χ2v) is 18.5. The van der Waals surface area contributed by atoms with Crippen LogP contribution >= 0.6 is 0 Å². The van der Waals surface area contributed by atoms with Crippen molar-refractivity contribution in [2.45, 2.75) is 78.5 Å². The predicted octanol–water partition coefficient (Wildman–Crippen LogP) is 8.28. The van der Waals surface area contributed by atoms with Gasteiger partial charge in [0.2, 0.25) is 19.0 Å². The number of hydrogen-bond donors (Lipinski definition) is 0. The SMILES string of the molecule is c1cc2cc(c1)Cn1cc[n+](c1)Cc1cccc(c1)CN1Cc3cccc(c3)C[n+]3ccn(c3)Cc3cccc(c3)CN(C2)Cc2cccc(c2)Cn2cc[n+](c2)Cc2cccc(c2)C1. The van der Waals surface area contributed by atoms with Crippen LogP contribution in [0.15, 0.2) is 202 Å². The summed E-state index contributed by atoms with van der Waals surface area (Å²) in [6.45, 7) is 10.0. The van der Waals surface area contributed by atoms with Crippen LogP contribution in [0, 0.1) is 0 Å². The normalized spacial score (nSPS) is 16.8. The van der Waals surface area contributed by atoms with Gasteiger partial charge >= 0.3 is 0 Å². The third kappa shape index (κ3) is 10.5. The predicted molar refractivity (Wildman–Crippen MR) is 253 cm³/mol.